The van der Waals surface area contributed by atoms with Crippen molar-refractivity contribution in [2.75, 3.05) is 19.6 Å². The van der Waals surface area contributed by atoms with Gasteiger partial charge < -0.3 is 16.2 Å². The molecule has 0 spiro atoms. The standard InChI is InChI=1S/C22H30N4O/c23-22(24-13-10-18-4-2-1-3-5-18)25-16-19-6-8-20(9-7-19)17-26-14-11-21(27)12-15-26/h1-9,21,27H,10-17H2,(H3,23,24,25). The minimum Gasteiger partial charge on any atom is -0.393 e. The number of nitrogens with one attached hydrogen (secondary N) is 1. The molecule has 0 unspecified atom stereocenters. The molecule has 2 aromatic carbocycles. The van der Waals surface area contributed by atoms with Crippen LogP contribution in [0.5, 0.6) is 0 Å². The number of piperidine rings is 1. The van der Waals surface area contributed by atoms with Gasteiger partial charge in [0.05, 0.1) is 12.6 Å². The molecule has 144 valence electrons. The number of aliphatic imine (C=N–C) groups is 1. The van der Waals surface area contributed by atoms with Gasteiger partial charge in [-0.3, -0.25) is 4.90 Å². The molecule has 0 saturated carbocycles. The smallest absolute Gasteiger partial charge is 0.188 e. The number of likely N-dealkylation sites (tertiary alicyclic amines) is 1. The van der Waals surface area contributed by atoms with E-state index < -0.39 is 0 Å². The van der Waals surface area contributed by atoms with Gasteiger partial charge >= 0.3 is 0 Å². The summed E-state index contributed by atoms with van der Waals surface area (Å²) in [5, 5.41) is 12.8. The van der Waals surface area contributed by atoms with E-state index in [9.17, 15) is 5.11 Å². The van der Waals surface area contributed by atoms with Crippen molar-refractivity contribution in [1.29, 1.82) is 0 Å². The predicted molar refractivity (Wildman–Crippen MR) is 110 cm³/mol. The second kappa shape index (κ2) is 10.1. The highest BCUT2D eigenvalue weighted by Crippen LogP contribution is 2.14. The molecule has 0 amide bonds. The van der Waals surface area contributed by atoms with Gasteiger partial charge in [0.1, 0.15) is 0 Å². The predicted octanol–water partition coefficient (Wildman–Crippen LogP) is 2.29. The summed E-state index contributed by atoms with van der Waals surface area (Å²) in [4.78, 5) is 6.82. The molecule has 4 N–H and O–H groups in total. The van der Waals surface area contributed by atoms with E-state index in [2.05, 4.69) is 51.6 Å². The Morgan fingerprint density at radius 2 is 1.67 bits per heavy atom. The summed E-state index contributed by atoms with van der Waals surface area (Å²) in [5.41, 5.74) is 9.70. The molecule has 2 aromatic rings. The van der Waals surface area contributed by atoms with Crippen LogP contribution < -0.4 is 11.1 Å². The highest BCUT2D eigenvalue weighted by molar-refractivity contribution is 5.77. The Labute approximate surface area is 161 Å². The molecule has 1 fully saturated rings. The van der Waals surface area contributed by atoms with E-state index in [1.165, 1.54) is 11.1 Å². The van der Waals surface area contributed by atoms with E-state index in [-0.39, 0.29) is 6.10 Å². The fourth-order valence-corrected chi connectivity index (χ4v) is 3.30. The normalized spacial score (nSPS) is 16.4. The van der Waals surface area contributed by atoms with Crippen LogP contribution in [0.4, 0.5) is 0 Å². The number of aliphatic hydroxyl groups is 1. The van der Waals surface area contributed by atoms with Crippen molar-refractivity contribution in [3.05, 3.63) is 71.3 Å². The van der Waals surface area contributed by atoms with Crippen LogP contribution in [0.25, 0.3) is 0 Å². The van der Waals surface area contributed by atoms with E-state index in [1.54, 1.807) is 0 Å². The molecule has 5 nitrogen and oxygen atoms in total. The first kappa shape index (κ1) is 19.4. The lowest BCUT2D eigenvalue weighted by Crippen LogP contribution is -2.35. The monoisotopic (exact) mass is 366 g/mol. The number of nitrogens with two attached hydrogens (primary N) is 1. The van der Waals surface area contributed by atoms with Gasteiger partial charge in [-0.15, -0.1) is 0 Å². The van der Waals surface area contributed by atoms with Gasteiger partial charge in [-0.1, -0.05) is 54.6 Å². The zero-order chi connectivity index (χ0) is 18.9. The molecule has 1 saturated heterocycles. The van der Waals surface area contributed by atoms with Gasteiger partial charge in [0.25, 0.3) is 0 Å². The maximum atomic E-state index is 9.59. The van der Waals surface area contributed by atoms with Gasteiger partial charge in [0, 0.05) is 26.2 Å². The molecular weight excluding hydrogens is 336 g/mol. The Kier molecular flexibility index (Phi) is 7.25. The highest BCUT2D eigenvalue weighted by atomic mass is 16.3. The second-order valence-corrected chi connectivity index (χ2v) is 7.19. The maximum absolute atomic E-state index is 9.59. The molecule has 0 radical (unpaired) electrons. The maximum Gasteiger partial charge on any atom is 0.188 e. The zero-order valence-electron chi connectivity index (χ0n) is 15.8. The molecule has 5 heteroatoms. The average molecular weight is 367 g/mol. The highest BCUT2D eigenvalue weighted by Gasteiger charge is 2.16. The zero-order valence-corrected chi connectivity index (χ0v) is 15.8. The van der Waals surface area contributed by atoms with Crippen molar-refractivity contribution in [2.45, 2.75) is 38.5 Å². The largest absolute Gasteiger partial charge is 0.393 e. The topological polar surface area (TPSA) is 73.9 Å². The van der Waals surface area contributed by atoms with Gasteiger partial charge in [-0.25, -0.2) is 4.99 Å². The van der Waals surface area contributed by atoms with Crippen LogP contribution in [0.15, 0.2) is 59.6 Å². The van der Waals surface area contributed by atoms with Gasteiger partial charge in [-0.2, -0.15) is 0 Å². The third-order valence-electron chi connectivity index (χ3n) is 4.98. The quantitative estimate of drug-likeness (QED) is 0.519. The van der Waals surface area contributed by atoms with Crippen LogP contribution in [0.2, 0.25) is 0 Å². The van der Waals surface area contributed by atoms with E-state index in [0.717, 1.165) is 51.0 Å². The fourth-order valence-electron chi connectivity index (χ4n) is 3.30. The van der Waals surface area contributed by atoms with E-state index >= 15 is 0 Å². The Hall–Kier alpha value is -2.37. The van der Waals surface area contributed by atoms with Crippen LogP contribution in [0, 0.1) is 0 Å². The number of hydrogen-bond acceptors (Lipinski definition) is 3. The van der Waals surface area contributed by atoms with Crippen LogP contribution in [0.1, 0.15) is 29.5 Å². The summed E-state index contributed by atoms with van der Waals surface area (Å²) in [6.45, 7) is 4.25. The van der Waals surface area contributed by atoms with Crippen molar-refractivity contribution in [1.82, 2.24) is 10.2 Å². The van der Waals surface area contributed by atoms with Crippen molar-refractivity contribution in [3.8, 4) is 0 Å². The summed E-state index contributed by atoms with van der Waals surface area (Å²) >= 11 is 0. The van der Waals surface area contributed by atoms with E-state index in [4.69, 9.17) is 5.73 Å². The van der Waals surface area contributed by atoms with Crippen molar-refractivity contribution < 1.29 is 5.11 Å². The lowest BCUT2D eigenvalue weighted by molar-refractivity contribution is 0.0792. The summed E-state index contributed by atoms with van der Waals surface area (Å²) in [5.74, 6) is 0.488. The van der Waals surface area contributed by atoms with Gasteiger partial charge in [0.15, 0.2) is 5.96 Å². The van der Waals surface area contributed by atoms with Crippen molar-refractivity contribution in [3.63, 3.8) is 0 Å². The van der Waals surface area contributed by atoms with Crippen LogP contribution in [-0.4, -0.2) is 41.7 Å². The summed E-state index contributed by atoms with van der Waals surface area (Å²) in [6.07, 6.45) is 2.57. The molecule has 27 heavy (non-hydrogen) atoms. The van der Waals surface area contributed by atoms with Crippen LogP contribution in [0.3, 0.4) is 0 Å². The first-order valence-corrected chi connectivity index (χ1v) is 9.75. The lowest BCUT2D eigenvalue weighted by atomic mass is 10.1. The van der Waals surface area contributed by atoms with Gasteiger partial charge in [-0.05, 0) is 36.0 Å². The first-order valence-electron chi connectivity index (χ1n) is 9.75. The van der Waals surface area contributed by atoms with E-state index in [1.807, 2.05) is 18.2 Å². The number of guanidine groups is 1. The Balaban J connectivity index is 1.40. The number of benzene rings is 2. The summed E-state index contributed by atoms with van der Waals surface area (Å²) < 4.78 is 0. The Bertz CT molecular complexity index is 707. The molecule has 0 bridgehead atoms. The minimum absolute atomic E-state index is 0.117. The number of hydrogen-bond donors (Lipinski definition) is 3. The molecule has 1 aliphatic heterocycles. The third-order valence-corrected chi connectivity index (χ3v) is 4.98. The number of nitrogens with zero attached hydrogens (tertiary/aromatic N) is 2. The average Bonchev–Trinajstić information content (AvgIpc) is 2.70. The Morgan fingerprint density at radius 1 is 1.00 bits per heavy atom. The molecule has 3 rings (SSSR count). The van der Waals surface area contributed by atoms with E-state index in [0.29, 0.717) is 12.5 Å². The van der Waals surface area contributed by atoms with Crippen LogP contribution in [-0.2, 0) is 19.5 Å². The Morgan fingerprint density at radius 3 is 2.37 bits per heavy atom. The molecule has 1 aliphatic rings. The SMILES string of the molecule is NC(=NCc1ccc(CN2CCC(O)CC2)cc1)NCCc1ccccc1. The summed E-state index contributed by atoms with van der Waals surface area (Å²) in [7, 11) is 0. The fraction of sp³-hybridized carbons (Fsp3) is 0.409. The molecule has 0 aliphatic carbocycles. The molecule has 0 aromatic heterocycles. The first-order chi connectivity index (χ1) is 13.2. The molecular formula is C22H30N4O. The van der Waals surface area contributed by atoms with Gasteiger partial charge in [0.2, 0.25) is 0 Å². The summed E-state index contributed by atoms with van der Waals surface area (Å²) in [6, 6.07) is 18.9. The minimum atomic E-state index is -0.117. The third kappa shape index (κ3) is 6.70. The molecule has 1 heterocycles. The number of aliphatic hydroxyl groups excluding tert-OH is 1. The lowest BCUT2D eigenvalue weighted by Gasteiger charge is -2.29. The van der Waals surface area contributed by atoms with Crippen molar-refractivity contribution >= 4 is 5.96 Å². The van der Waals surface area contributed by atoms with Crippen molar-refractivity contribution in [2.24, 2.45) is 10.7 Å². The molecule has 0 atom stereocenters. The van der Waals surface area contributed by atoms with Crippen LogP contribution >= 0.6 is 0 Å². The second-order valence-electron chi connectivity index (χ2n) is 7.19. The number of rotatable bonds is 7.